The third kappa shape index (κ3) is 2.65. The van der Waals surface area contributed by atoms with E-state index in [4.69, 9.17) is 4.74 Å². The largest absolute Gasteiger partial charge is 0.488 e. The molecule has 0 aliphatic carbocycles. The minimum atomic E-state index is -0.328. The van der Waals surface area contributed by atoms with E-state index in [-0.39, 0.29) is 18.3 Å². The summed E-state index contributed by atoms with van der Waals surface area (Å²) < 4.78 is 7.48. The molecule has 130 valence electrons. The van der Waals surface area contributed by atoms with Gasteiger partial charge < -0.3 is 10.1 Å². The second kappa shape index (κ2) is 6.15. The molecule has 2 aromatic carbocycles. The van der Waals surface area contributed by atoms with Crippen LogP contribution in [-0.2, 0) is 13.7 Å². The lowest BCUT2D eigenvalue weighted by Gasteiger charge is -2.18. The summed E-state index contributed by atoms with van der Waals surface area (Å²) in [5.74, 6) is 0.399. The van der Waals surface area contributed by atoms with Crippen LogP contribution in [0.2, 0.25) is 0 Å². The zero-order chi connectivity index (χ0) is 18.3. The fraction of sp³-hybridized carbons (Fsp3) is 0.150. The molecule has 1 aliphatic heterocycles. The number of nitrogens with one attached hydrogen (secondary N) is 1. The van der Waals surface area contributed by atoms with Gasteiger partial charge >= 0.3 is 0 Å². The molecule has 1 aromatic heterocycles. The number of ether oxygens (including phenoxy) is 1. The van der Waals surface area contributed by atoms with E-state index >= 15 is 0 Å². The molecule has 1 aliphatic rings. The van der Waals surface area contributed by atoms with Crippen molar-refractivity contribution in [3.63, 3.8) is 0 Å². The Morgan fingerprint density at radius 3 is 2.77 bits per heavy atom. The van der Waals surface area contributed by atoms with E-state index < -0.39 is 0 Å². The number of anilines is 1. The van der Waals surface area contributed by atoms with Gasteiger partial charge in [-0.3, -0.25) is 14.3 Å². The van der Waals surface area contributed by atoms with Crippen molar-refractivity contribution in [3.8, 4) is 17.0 Å². The average Bonchev–Trinajstić information content (AvgIpc) is 2.99. The van der Waals surface area contributed by atoms with Gasteiger partial charge in [0.1, 0.15) is 12.4 Å². The molecule has 0 bridgehead atoms. The lowest BCUT2D eigenvalue weighted by molar-refractivity contribution is 0.100. The maximum atomic E-state index is 12.8. The normalized spacial score (nSPS) is 11.9. The third-order valence-electron chi connectivity index (χ3n) is 4.40. The summed E-state index contributed by atoms with van der Waals surface area (Å²) in [4.78, 5) is 24.3. The third-order valence-corrected chi connectivity index (χ3v) is 4.40. The van der Waals surface area contributed by atoms with Gasteiger partial charge in [-0.25, -0.2) is 0 Å². The SMILES string of the molecule is CC(=O)c1cccc(NC(=O)c2nn(C)c3c2COc2ccccc2-3)c1. The van der Waals surface area contributed by atoms with Gasteiger partial charge in [0.15, 0.2) is 11.5 Å². The summed E-state index contributed by atoms with van der Waals surface area (Å²) in [6.45, 7) is 1.78. The van der Waals surface area contributed by atoms with Gasteiger partial charge in [-0.05, 0) is 31.2 Å². The highest BCUT2D eigenvalue weighted by molar-refractivity contribution is 6.06. The molecule has 0 atom stereocenters. The van der Waals surface area contributed by atoms with Gasteiger partial charge in [-0.15, -0.1) is 0 Å². The monoisotopic (exact) mass is 347 g/mol. The molecular formula is C20H17N3O3. The van der Waals surface area contributed by atoms with Crippen molar-refractivity contribution in [3.05, 3.63) is 65.4 Å². The highest BCUT2D eigenvalue weighted by atomic mass is 16.5. The van der Waals surface area contributed by atoms with Crippen LogP contribution in [0.4, 0.5) is 5.69 Å². The number of carbonyl (C=O) groups excluding carboxylic acids is 2. The van der Waals surface area contributed by atoms with E-state index in [2.05, 4.69) is 10.4 Å². The van der Waals surface area contributed by atoms with Crippen molar-refractivity contribution in [2.24, 2.45) is 7.05 Å². The number of ketones is 1. The Balaban J connectivity index is 1.69. The van der Waals surface area contributed by atoms with Crippen LogP contribution in [0, 0.1) is 0 Å². The highest BCUT2D eigenvalue weighted by Crippen LogP contribution is 2.38. The number of aromatic nitrogens is 2. The molecule has 4 rings (SSSR count). The van der Waals surface area contributed by atoms with Crippen LogP contribution >= 0.6 is 0 Å². The predicted molar refractivity (Wildman–Crippen MR) is 97.4 cm³/mol. The van der Waals surface area contributed by atoms with Gasteiger partial charge in [-0.2, -0.15) is 5.10 Å². The van der Waals surface area contributed by atoms with E-state index in [1.54, 1.807) is 28.9 Å². The standard InChI is InChI=1S/C20H17N3O3/c1-12(24)13-6-5-7-14(10-13)21-20(25)18-16-11-26-17-9-4-3-8-15(17)19(16)23(2)22-18/h3-10H,11H2,1-2H3,(H,21,25). The number of fused-ring (bicyclic) bond motifs is 3. The lowest BCUT2D eigenvalue weighted by atomic mass is 10.0. The summed E-state index contributed by atoms with van der Waals surface area (Å²) in [7, 11) is 1.81. The smallest absolute Gasteiger partial charge is 0.276 e. The number of para-hydroxylation sites is 1. The molecule has 1 amide bonds. The molecule has 0 radical (unpaired) electrons. The fourth-order valence-electron chi connectivity index (χ4n) is 3.17. The number of benzene rings is 2. The van der Waals surface area contributed by atoms with Gasteiger partial charge in [0.2, 0.25) is 0 Å². The number of Topliss-reactive ketones (excluding diaryl/α,β-unsaturated/α-hetero) is 1. The zero-order valence-electron chi connectivity index (χ0n) is 14.4. The molecule has 0 unspecified atom stereocenters. The molecular weight excluding hydrogens is 330 g/mol. The van der Waals surface area contributed by atoms with E-state index in [1.807, 2.05) is 31.3 Å². The summed E-state index contributed by atoms with van der Waals surface area (Å²) in [6.07, 6.45) is 0. The first-order valence-electron chi connectivity index (χ1n) is 8.25. The number of carbonyl (C=O) groups is 2. The molecule has 6 nitrogen and oxygen atoms in total. The van der Waals surface area contributed by atoms with E-state index in [9.17, 15) is 9.59 Å². The number of aryl methyl sites for hydroxylation is 1. The minimum absolute atomic E-state index is 0.0543. The minimum Gasteiger partial charge on any atom is -0.488 e. The number of rotatable bonds is 3. The quantitative estimate of drug-likeness (QED) is 0.737. The number of nitrogens with zero attached hydrogens (tertiary/aromatic N) is 2. The average molecular weight is 347 g/mol. The molecule has 0 spiro atoms. The molecule has 0 saturated carbocycles. The Morgan fingerprint density at radius 2 is 1.96 bits per heavy atom. The van der Waals surface area contributed by atoms with Gasteiger partial charge in [0.25, 0.3) is 5.91 Å². The van der Waals surface area contributed by atoms with Crippen LogP contribution < -0.4 is 10.1 Å². The number of hydrogen-bond donors (Lipinski definition) is 1. The highest BCUT2D eigenvalue weighted by Gasteiger charge is 2.28. The molecule has 2 heterocycles. The molecule has 0 saturated heterocycles. The number of hydrogen-bond acceptors (Lipinski definition) is 4. The van der Waals surface area contributed by atoms with Crippen molar-refractivity contribution < 1.29 is 14.3 Å². The molecule has 26 heavy (non-hydrogen) atoms. The fourth-order valence-corrected chi connectivity index (χ4v) is 3.17. The second-order valence-electron chi connectivity index (χ2n) is 6.18. The van der Waals surface area contributed by atoms with E-state index in [1.165, 1.54) is 6.92 Å². The topological polar surface area (TPSA) is 73.2 Å². The predicted octanol–water partition coefficient (Wildman–Crippen LogP) is 3.43. The molecule has 6 heteroatoms. The Bertz CT molecular complexity index is 1040. The Hall–Kier alpha value is -3.41. The van der Waals surface area contributed by atoms with Crippen LogP contribution in [0.5, 0.6) is 5.75 Å². The lowest BCUT2D eigenvalue weighted by Crippen LogP contribution is -2.16. The van der Waals surface area contributed by atoms with Crippen LogP contribution in [0.3, 0.4) is 0 Å². The number of amides is 1. The zero-order valence-corrected chi connectivity index (χ0v) is 14.4. The van der Waals surface area contributed by atoms with Crippen molar-refractivity contribution in [2.75, 3.05) is 5.32 Å². The van der Waals surface area contributed by atoms with Crippen LogP contribution in [0.15, 0.2) is 48.5 Å². The van der Waals surface area contributed by atoms with Crippen molar-refractivity contribution >= 4 is 17.4 Å². The van der Waals surface area contributed by atoms with Crippen molar-refractivity contribution in [1.82, 2.24) is 9.78 Å². The van der Waals surface area contributed by atoms with E-state index in [0.717, 1.165) is 22.6 Å². The maximum Gasteiger partial charge on any atom is 0.276 e. The van der Waals surface area contributed by atoms with Gasteiger partial charge in [0, 0.05) is 29.4 Å². The van der Waals surface area contributed by atoms with Crippen LogP contribution in [-0.4, -0.2) is 21.5 Å². The summed E-state index contributed by atoms with van der Waals surface area (Å²) in [5, 5.41) is 7.22. The Morgan fingerprint density at radius 1 is 1.15 bits per heavy atom. The first-order chi connectivity index (χ1) is 12.5. The van der Waals surface area contributed by atoms with Crippen molar-refractivity contribution in [2.45, 2.75) is 13.5 Å². The second-order valence-corrected chi connectivity index (χ2v) is 6.18. The van der Waals surface area contributed by atoms with E-state index in [0.29, 0.717) is 16.9 Å². The maximum absolute atomic E-state index is 12.8. The molecule has 0 fully saturated rings. The molecule has 3 aromatic rings. The first-order valence-corrected chi connectivity index (χ1v) is 8.25. The summed E-state index contributed by atoms with van der Waals surface area (Å²) in [5.41, 5.74) is 3.98. The summed E-state index contributed by atoms with van der Waals surface area (Å²) in [6, 6.07) is 14.5. The van der Waals surface area contributed by atoms with Crippen molar-refractivity contribution in [1.29, 1.82) is 0 Å². The van der Waals surface area contributed by atoms with Crippen LogP contribution in [0.1, 0.15) is 33.3 Å². The van der Waals surface area contributed by atoms with Gasteiger partial charge in [-0.1, -0.05) is 24.3 Å². The van der Waals surface area contributed by atoms with Crippen LogP contribution in [0.25, 0.3) is 11.3 Å². The Kier molecular flexibility index (Phi) is 3.80. The first kappa shape index (κ1) is 16.1. The summed E-state index contributed by atoms with van der Waals surface area (Å²) >= 11 is 0. The molecule has 1 N–H and O–H groups in total. The Labute approximate surface area is 150 Å². The van der Waals surface area contributed by atoms with Gasteiger partial charge in [0.05, 0.1) is 5.69 Å².